The number of nitrogens with one attached hydrogen (secondary N) is 1. The molecule has 1 saturated carbocycles. The summed E-state index contributed by atoms with van der Waals surface area (Å²) in [7, 11) is 0. The summed E-state index contributed by atoms with van der Waals surface area (Å²) >= 11 is 2.53. The summed E-state index contributed by atoms with van der Waals surface area (Å²) in [5.74, 6) is -2.08. The molecule has 2 amide bonds. The van der Waals surface area contributed by atoms with E-state index in [1.807, 2.05) is 0 Å². The number of carbonyl (C=O) groups is 3. The van der Waals surface area contributed by atoms with Gasteiger partial charge in [0, 0.05) is 10.1 Å². The minimum atomic E-state index is -1.06. The lowest BCUT2D eigenvalue weighted by Gasteiger charge is -2.43. The van der Waals surface area contributed by atoms with Gasteiger partial charge in [-0.25, -0.2) is 9.78 Å². The Morgan fingerprint density at radius 1 is 1.40 bits per heavy atom. The molecule has 4 rings (SSSR count). The number of carboxylic acids is 1. The van der Waals surface area contributed by atoms with Crippen LogP contribution in [-0.2, 0) is 19.2 Å². The minimum absolute atomic E-state index is 0.0434. The summed E-state index contributed by atoms with van der Waals surface area (Å²) in [6.07, 6.45) is 3.80. The van der Waals surface area contributed by atoms with Gasteiger partial charge in [-0.2, -0.15) is 0 Å². The van der Waals surface area contributed by atoms with E-state index >= 15 is 0 Å². The van der Waals surface area contributed by atoms with E-state index in [0.29, 0.717) is 0 Å². The Kier molecular flexibility index (Phi) is 5.39. The monoisotopic (exact) mass is 453 g/mol. The number of thioether (sulfide) groups is 1. The number of carboxylic acid groups (broad SMARTS) is 1. The van der Waals surface area contributed by atoms with Gasteiger partial charge in [-0.1, -0.05) is 5.16 Å². The van der Waals surface area contributed by atoms with Crippen molar-refractivity contribution in [3.8, 4) is 0 Å². The molecule has 0 radical (unpaired) electrons. The maximum Gasteiger partial charge on any atom is 0.327 e. The van der Waals surface area contributed by atoms with Crippen molar-refractivity contribution in [1.29, 1.82) is 0 Å². The highest BCUT2D eigenvalue weighted by atomic mass is 32.2. The van der Waals surface area contributed by atoms with Crippen LogP contribution in [0.2, 0.25) is 0 Å². The molecule has 0 aromatic carbocycles. The molecule has 3 atom stereocenters. The van der Waals surface area contributed by atoms with E-state index in [2.05, 4.69) is 15.5 Å². The number of aliphatic carboxylic acids is 1. The molecule has 162 valence electrons. The average Bonchev–Trinajstić information content (AvgIpc) is 3.38. The molecule has 0 spiro atoms. The van der Waals surface area contributed by atoms with Crippen LogP contribution in [0.25, 0.3) is 0 Å². The van der Waals surface area contributed by atoms with Crippen molar-refractivity contribution < 1.29 is 24.3 Å². The number of fused-ring (bicyclic) bond motifs is 1. The summed E-state index contributed by atoms with van der Waals surface area (Å²) in [6.45, 7) is 3.56. The van der Waals surface area contributed by atoms with Crippen molar-refractivity contribution >= 4 is 51.7 Å². The smallest absolute Gasteiger partial charge is 0.327 e. The number of hydrogen-bond donors (Lipinski definition) is 3. The summed E-state index contributed by atoms with van der Waals surface area (Å²) < 4.78 is -0.669. The summed E-state index contributed by atoms with van der Waals surface area (Å²) in [5, 5.41) is 17.7. The Balaban J connectivity index is 1.51. The Bertz CT molecular complexity index is 911. The zero-order valence-corrected chi connectivity index (χ0v) is 18.2. The van der Waals surface area contributed by atoms with Gasteiger partial charge in [0.15, 0.2) is 10.8 Å². The lowest BCUT2D eigenvalue weighted by atomic mass is 9.96. The average molecular weight is 454 g/mol. The maximum atomic E-state index is 13.0. The van der Waals surface area contributed by atoms with Gasteiger partial charge in [-0.3, -0.25) is 9.59 Å². The van der Waals surface area contributed by atoms with Crippen molar-refractivity contribution in [1.82, 2.24) is 15.2 Å². The predicted octanol–water partition coefficient (Wildman–Crippen LogP) is 1.02. The van der Waals surface area contributed by atoms with Crippen LogP contribution in [0.1, 0.15) is 45.2 Å². The number of anilines is 1. The predicted molar refractivity (Wildman–Crippen MR) is 112 cm³/mol. The zero-order chi connectivity index (χ0) is 21.6. The first-order chi connectivity index (χ1) is 14.2. The van der Waals surface area contributed by atoms with E-state index in [-0.39, 0.29) is 22.6 Å². The van der Waals surface area contributed by atoms with Crippen LogP contribution < -0.4 is 11.1 Å². The SMILES string of the molecule is CC1(C)SC2C(NC(=O)C(=NOC3CCCC3)c3csc(N)n3)C(=O)N2C1C(=O)O. The van der Waals surface area contributed by atoms with E-state index in [0.717, 1.165) is 25.7 Å². The number of nitrogens with zero attached hydrogens (tertiary/aromatic N) is 3. The van der Waals surface area contributed by atoms with Crippen LogP contribution in [0, 0.1) is 0 Å². The lowest BCUT2D eigenvalue weighted by molar-refractivity contribution is -0.160. The van der Waals surface area contributed by atoms with Gasteiger partial charge < -0.3 is 25.9 Å². The van der Waals surface area contributed by atoms with Gasteiger partial charge in [0.25, 0.3) is 5.91 Å². The Labute approximate surface area is 181 Å². The molecule has 4 N–H and O–H groups in total. The second-order valence-electron chi connectivity index (χ2n) is 8.07. The molecule has 10 nitrogen and oxygen atoms in total. The number of oxime groups is 1. The highest BCUT2D eigenvalue weighted by molar-refractivity contribution is 8.01. The standard InChI is InChI=1S/C18H23N5O5S2/c1-18(2)12(16(26)27)23-14(25)11(15(23)30-18)21-13(24)10(9-7-29-17(19)20-9)22-28-8-5-3-4-6-8/h7-8,11-12,15H,3-6H2,1-2H3,(H2,19,20)(H,21,24)(H,26,27). The largest absolute Gasteiger partial charge is 0.480 e. The third kappa shape index (κ3) is 3.62. The summed E-state index contributed by atoms with van der Waals surface area (Å²) in [5.41, 5.74) is 5.93. The number of hydrogen-bond acceptors (Lipinski definition) is 9. The zero-order valence-electron chi connectivity index (χ0n) is 16.5. The van der Waals surface area contributed by atoms with Crippen LogP contribution in [-0.4, -0.2) is 66.8 Å². The second-order valence-corrected chi connectivity index (χ2v) is 10.7. The van der Waals surface area contributed by atoms with Crippen LogP contribution in [0.15, 0.2) is 10.5 Å². The van der Waals surface area contributed by atoms with Gasteiger partial charge in [0.1, 0.15) is 29.3 Å². The third-order valence-corrected chi connectivity index (χ3v) is 7.78. The molecule has 3 aliphatic rings. The molecule has 3 unspecified atom stereocenters. The molecular formula is C18H23N5O5S2. The number of nitrogen functional groups attached to an aromatic ring is 1. The second kappa shape index (κ2) is 7.73. The number of amides is 2. The topological polar surface area (TPSA) is 147 Å². The van der Waals surface area contributed by atoms with Crippen LogP contribution >= 0.6 is 23.1 Å². The highest BCUT2D eigenvalue weighted by Crippen LogP contribution is 2.50. The Morgan fingerprint density at radius 2 is 2.10 bits per heavy atom. The molecule has 1 aromatic heterocycles. The maximum absolute atomic E-state index is 13.0. The van der Waals surface area contributed by atoms with E-state index in [9.17, 15) is 19.5 Å². The molecule has 1 aliphatic carbocycles. The van der Waals surface area contributed by atoms with Crippen LogP contribution in [0.4, 0.5) is 5.13 Å². The van der Waals surface area contributed by atoms with Gasteiger partial charge >= 0.3 is 5.97 Å². The first-order valence-corrected chi connectivity index (χ1v) is 11.4. The van der Waals surface area contributed by atoms with Crippen LogP contribution in [0.5, 0.6) is 0 Å². The lowest BCUT2D eigenvalue weighted by Crippen LogP contribution is -2.71. The molecule has 1 aromatic rings. The Morgan fingerprint density at radius 3 is 2.70 bits per heavy atom. The molecule has 3 fully saturated rings. The highest BCUT2D eigenvalue weighted by Gasteiger charge is 2.64. The fourth-order valence-electron chi connectivity index (χ4n) is 4.08. The number of carbonyl (C=O) groups excluding carboxylic acids is 2. The molecular weight excluding hydrogens is 430 g/mol. The van der Waals surface area contributed by atoms with E-state index in [1.54, 1.807) is 19.2 Å². The van der Waals surface area contributed by atoms with Crippen molar-refractivity contribution in [2.75, 3.05) is 5.73 Å². The van der Waals surface area contributed by atoms with Crippen molar-refractivity contribution in [3.63, 3.8) is 0 Å². The van der Waals surface area contributed by atoms with Crippen molar-refractivity contribution in [2.24, 2.45) is 5.16 Å². The number of rotatable bonds is 6. The molecule has 3 heterocycles. The normalized spacial score (nSPS) is 28.2. The number of β-lactam (4-membered cyclic amide) rings is 1. The molecule has 0 bridgehead atoms. The molecule has 2 saturated heterocycles. The van der Waals surface area contributed by atoms with E-state index < -0.39 is 40.0 Å². The summed E-state index contributed by atoms with van der Waals surface area (Å²) in [6, 6.07) is -1.77. The minimum Gasteiger partial charge on any atom is -0.480 e. The third-order valence-electron chi connectivity index (χ3n) is 5.54. The first kappa shape index (κ1) is 20.9. The summed E-state index contributed by atoms with van der Waals surface area (Å²) in [4.78, 5) is 48.3. The Hall–Kier alpha value is -2.34. The molecule has 2 aliphatic heterocycles. The number of aromatic nitrogens is 1. The fourth-order valence-corrected chi connectivity index (χ4v) is 6.25. The van der Waals surface area contributed by atoms with Gasteiger partial charge in [-0.15, -0.1) is 23.1 Å². The van der Waals surface area contributed by atoms with Crippen molar-refractivity contribution in [2.45, 2.75) is 67.8 Å². The fraction of sp³-hybridized carbons (Fsp3) is 0.611. The van der Waals surface area contributed by atoms with Gasteiger partial charge in [0.2, 0.25) is 5.91 Å². The van der Waals surface area contributed by atoms with Gasteiger partial charge in [-0.05, 0) is 39.5 Å². The van der Waals surface area contributed by atoms with Crippen molar-refractivity contribution in [3.05, 3.63) is 11.1 Å². The van der Waals surface area contributed by atoms with E-state index in [4.69, 9.17) is 10.6 Å². The quantitative estimate of drug-likeness (QED) is 0.329. The number of nitrogens with two attached hydrogens (primary N) is 1. The van der Waals surface area contributed by atoms with Crippen LogP contribution in [0.3, 0.4) is 0 Å². The van der Waals surface area contributed by atoms with Gasteiger partial charge in [0.05, 0.1) is 0 Å². The van der Waals surface area contributed by atoms with E-state index in [1.165, 1.54) is 28.0 Å². The first-order valence-electron chi connectivity index (χ1n) is 9.68. The molecule has 30 heavy (non-hydrogen) atoms. The number of thiazole rings is 1. The molecule has 12 heteroatoms.